The third-order valence-corrected chi connectivity index (χ3v) is 4.22. The molecule has 2 fully saturated rings. The van der Waals surface area contributed by atoms with Crippen molar-refractivity contribution >= 4 is 0 Å². The van der Waals surface area contributed by atoms with Gasteiger partial charge >= 0.3 is 0 Å². The Morgan fingerprint density at radius 2 is 2.22 bits per heavy atom. The van der Waals surface area contributed by atoms with E-state index in [2.05, 4.69) is 25.6 Å². The Morgan fingerprint density at radius 1 is 1.33 bits per heavy atom. The van der Waals surface area contributed by atoms with Crippen LogP contribution in [-0.4, -0.2) is 51.3 Å². The molecular weight excluding hydrogens is 228 g/mol. The van der Waals surface area contributed by atoms with Crippen molar-refractivity contribution in [3.05, 3.63) is 5.82 Å². The van der Waals surface area contributed by atoms with Crippen molar-refractivity contribution < 1.29 is 0 Å². The second-order valence-corrected chi connectivity index (χ2v) is 5.79. The van der Waals surface area contributed by atoms with E-state index in [1.54, 1.807) is 0 Å². The standard InChI is InChI=1S/C12H22N6/c1-17-15-11(14-16-17)8-18-7-3-5-12(10-18)4-2-6-13-9-12/h13H,2-10H2,1H3. The van der Waals surface area contributed by atoms with Crippen molar-refractivity contribution in [2.75, 3.05) is 26.2 Å². The summed E-state index contributed by atoms with van der Waals surface area (Å²) in [6, 6.07) is 0. The molecule has 3 heterocycles. The monoisotopic (exact) mass is 250 g/mol. The fraction of sp³-hybridized carbons (Fsp3) is 0.917. The maximum atomic E-state index is 4.28. The molecule has 2 aliphatic rings. The Bertz CT molecular complexity index is 390. The van der Waals surface area contributed by atoms with Gasteiger partial charge in [-0.1, -0.05) is 0 Å². The first-order valence-corrected chi connectivity index (χ1v) is 6.92. The molecule has 3 rings (SSSR count). The molecule has 18 heavy (non-hydrogen) atoms. The summed E-state index contributed by atoms with van der Waals surface area (Å²) in [7, 11) is 1.82. The van der Waals surface area contributed by atoms with E-state index >= 15 is 0 Å². The predicted molar refractivity (Wildman–Crippen MR) is 67.8 cm³/mol. The molecule has 6 heteroatoms. The van der Waals surface area contributed by atoms with Gasteiger partial charge in [0.1, 0.15) is 0 Å². The molecule has 0 amide bonds. The number of likely N-dealkylation sites (tertiary alicyclic amines) is 1. The first kappa shape index (κ1) is 12.0. The van der Waals surface area contributed by atoms with Gasteiger partial charge in [-0.25, -0.2) is 0 Å². The summed E-state index contributed by atoms with van der Waals surface area (Å²) in [4.78, 5) is 4.03. The van der Waals surface area contributed by atoms with E-state index in [0.29, 0.717) is 5.41 Å². The molecule has 1 aromatic heterocycles. The molecule has 1 N–H and O–H groups in total. The molecule has 2 saturated heterocycles. The number of hydrogen-bond acceptors (Lipinski definition) is 5. The lowest BCUT2D eigenvalue weighted by Gasteiger charge is -2.45. The van der Waals surface area contributed by atoms with E-state index in [0.717, 1.165) is 12.4 Å². The third kappa shape index (κ3) is 2.54. The summed E-state index contributed by atoms with van der Waals surface area (Å²) in [6.45, 7) is 5.55. The summed E-state index contributed by atoms with van der Waals surface area (Å²) in [5.74, 6) is 0.846. The van der Waals surface area contributed by atoms with E-state index in [-0.39, 0.29) is 0 Å². The second-order valence-electron chi connectivity index (χ2n) is 5.79. The lowest BCUT2D eigenvalue weighted by Crippen LogP contribution is -2.50. The fourth-order valence-corrected chi connectivity index (χ4v) is 3.41. The number of rotatable bonds is 2. The van der Waals surface area contributed by atoms with Gasteiger partial charge in [-0.15, -0.1) is 10.2 Å². The van der Waals surface area contributed by atoms with Gasteiger partial charge < -0.3 is 5.32 Å². The molecule has 1 spiro atoms. The summed E-state index contributed by atoms with van der Waals surface area (Å²) in [5, 5.41) is 15.8. The molecule has 1 atom stereocenters. The molecule has 2 aliphatic heterocycles. The van der Waals surface area contributed by atoms with Crippen molar-refractivity contribution in [3.63, 3.8) is 0 Å². The number of nitrogens with zero attached hydrogens (tertiary/aromatic N) is 5. The molecule has 6 nitrogen and oxygen atoms in total. The molecule has 0 aromatic carbocycles. The number of piperidine rings is 2. The van der Waals surface area contributed by atoms with Crippen molar-refractivity contribution in [1.82, 2.24) is 30.4 Å². The van der Waals surface area contributed by atoms with Gasteiger partial charge in [-0.2, -0.15) is 4.80 Å². The SMILES string of the molecule is Cn1nnc(CN2CCCC3(CCCNC3)C2)n1. The quantitative estimate of drug-likeness (QED) is 0.811. The highest BCUT2D eigenvalue weighted by molar-refractivity contribution is 4.92. The Balaban J connectivity index is 1.63. The minimum Gasteiger partial charge on any atom is -0.316 e. The predicted octanol–water partition coefficient (Wildman–Crippen LogP) is 0.176. The minimum absolute atomic E-state index is 0.499. The Hall–Kier alpha value is -1.01. The van der Waals surface area contributed by atoms with Gasteiger partial charge in [-0.05, 0) is 49.4 Å². The number of aromatic nitrogens is 4. The minimum atomic E-state index is 0.499. The highest BCUT2D eigenvalue weighted by Gasteiger charge is 2.36. The molecule has 0 aliphatic carbocycles. The Labute approximate surface area is 108 Å². The summed E-state index contributed by atoms with van der Waals surface area (Å²) < 4.78 is 0. The van der Waals surface area contributed by atoms with Gasteiger partial charge in [0.2, 0.25) is 0 Å². The molecule has 0 bridgehead atoms. The average molecular weight is 250 g/mol. The average Bonchev–Trinajstić information content (AvgIpc) is 2.76. The zero-order valence-electron chi connectivity index (χ0n) is 11.1. The molecule has 1 unspecified atom stereocenters. The van der Waals surface area contributed by atoms with Crippen molar-refractivity contribution in [2.45, 2.75) is 32.2 Å². The number of tetrazole rings is 1. The summed E-state index contributed by atoms with van der Waals surface area (Å²) >= 11 is 0. The second kappa shape index (κ2) is 4.93. The van der Waals surface area contributed by atoms with E-state index in [1.165, 1.54) is 56.7 Å². The van der Waals surface area contributed by atoms with Gasteiger partial charge in [0.15, 0.2) is 5.82 Å². The first-order chi connectivity index (χ1) is 8.76. The van der Waals surface area contributed by atoms with Crippen molar-refractivity contribution in [1.29, 1.82) is 0 Å². The first-order valence-electron chi connectivity index (χ1n) is 6.92. The van der Waals surface area contributed by atoms with Crippen LogP contribution in [0.5, 0.6) is 0 Å². The van der Waals surface area contributed by atoms with E-state index in [9.17, 15) is 0 Å². The van der Waals surface area contributed by atoms with Crippen LogP contribution in [0.15, 0.2) is 0 Å². The molecule has 1 aromatic rings. The molecule has 100 valence electrons. The number of aryl methyl sites for hydroxylation is 1. The van der Waals surface area contributed by atoms with Gasteiger partial charge in [-0.3, -0.25) is 4.90 Å². The van der Waals surface area contributed by atoms with Crippen LogP contribution in [0.25, 0.3) is 0 Å². The maximum absolute atomic E-state index is 4.28. The summed E-state index contributed by atoms with van der Waals surface area (Å²) in [5.41, 5.74) is 0.499. The maximum Gasteiger partial charge on any atom is 0.188 e. The largest absolute Gasteiger partial charge is 0.316 e. The Morgan fingerprint density at radius 3 is 2.94 bits per heavy atom. The van der Waals surface area contributed by atoms with Crippen LogP contribution >= 0.6 is 0 Å². The lowest BCUT2D eigenvalue weighted by molar-refractivity contribution is 0.0585. The van der Waals surface area contributed by atoms with Crippen molar-refractivity contribution in [3.8, 4) is 0 Å². The van der Waals surface area contributed by atoms with E-state index in [1.807, 2.05) is 7.05 Å². The highest BCUT2D eigenvalue weighted by Crippen LogP contribution is 2.36. The van der Waals surface area contributed by atoms with Gasteiger partial charge in [0.05, 0.1) is 13.6 Å². The third-order valence-electron chi connectivity index (χ3n) is 4.22. The van der Waals surface area contributed by atoms with E-state index < -0.39 is 0 Å². The van der Waals surface area contributed by atoms with Crippen LogP contribution < -0.4 is 5.32 Å². The Kier molecular flexibility index (Phi) is 3.30. The lowest BCUT2D eigenvalue weighted by atomic mass is 9.74. The summed E-state index contributed by atoms with van der Waals surface area (Å²) in [6.07, 6.45) is 5.34. The normalized spacial score (nSPS) is 29.8. The van der Waals surface area contributed by atoms with Gasteiger partial charge in [0.25, 0.3) is 0 Å². The number of nitrogens with one attached hydrogen (secondary N) is 1. The van der Waals surface area contributed by atoms with E-state index in [4.69, 9.17) is 0 Å². The van der Waals surface area contributed by atoms with Crippen LogP contribution in [0.4, 0.5) is 0 Å². The fourth-order valence-electron chi connectivity index (χ4n) is 3.41. The van der Waals surface area contributed by atoms with Crippen LogP contribution in [-0.2, 0) is 13.6 Å². The zero-order chi connectivity index (χ0) is 12.4. The van der Waals surface area contributed by atoms with Crippen molar-refractivity contribution in [2.24, 2.45) is 12.5 Å². The topological polar surface area (TPSA) is 58.9 Å². The van der Waals surface area contributed by atoms with Gasteiger partial charge in [0, 0.05) is 13.1 Å². The van der Waals surface area contributed by atoms with Crippen LogP contribution in [0, 0.1) is 5.41 Å². The number of hydrogen-bond donors (Lipinski definition) is 1. The van der Waals surface area contributed by atoms with Crippen LogP contribution in [0.1, 0.15) is 31.5 Å². The van der Waals surface area contributed by atoms with Crippen LogP contribution in [0.3, 0.4) is 0 Å². The van der Waals surface area contributed by atoms with Crippen LogP contribution in [0.2, 0.25) is 0 Å². The molecular formula is C12H22N6. The smallest absolute Gasteiger partial charge is 0.188 e. The highest BCUT2D eigenvalue weighted by atomic mass is 15.6. The zero-order valence-corrected chi connectivity index (χ0v) is 11.1. The molecule has 0 radical (unpaired) electrons. The molecule has 0 saturated carbocycles.